The molecule has 72 valence electrons. The second kappa shape index (κ2) is 3.13. The average Bonchev–Trinajstić information content (AvgIpc) is 1.78. The minimum Gasteiger partial charge on any atom is -0.258 e. The van der Waals surface area contributed by atoms with Crippen LogP contribution < -0.4 is 0 Å². The smallest absolute Gasteiger partial charge is 0.0415 e. The fraction of sp³-hybridized carbons (Fsp3) is 0.583. The van der Waals surface area contributed by atoms with Crippen molar-refractivity contribution in [2.45, 2.75) is 47.0 Å². The molecule has 0 radical (unpaired) electrons. The molecule has 0 aliphatic heterocycles. The third-order valence-corrected chi connectivity index (χ3v) is 2.28. The first kappa shape index (κ1) is 10.2. The van der Waals surface area contributed by atoms with Gasteiger partial charge in [0.1, 0.15) is 0 Å². The summed E-state index contributed by atoms with van der Waals surface area (Å²) in [6.07, 6.45) is 0. The van der Waals surface area contributed by atoms with E-state index in [9.17, 15) is 0 Å². The highest BCUT2D eigenvalue weighted by Crippen LogP contribution is 2.27. The average molecular weight is 177 g/mol. The first-order valence-electron chi connectivity index (χ1n) is 4.77. The summed E-state index contributed by atoms with van der Waals surface area (Å²) in [5.74, 6) is 0. The van der Waals surface area contributed by atoms with Crippen LogP contribution in [0.2, 0.25) is 0 Å². The lowest BCUT2D eigenvalue weighted by Crippen LogP contribution is -2.16. The molecule has 1 heterocycles. The maximum Gasteiger partial charge on any atom is 0.0415 e. The van der Waals surface area contributed by atoms with Gasteiger partial charge in [-0.15, -0.1) is 0 Å². The van der Waals surface area contributed by atoms with Crippen molar-refractivity contribution in [2.24, 2.45) is 0 Å². The third-order valence-electron chi connectivity index (χ3n) is 2.28. The molecule has 0 atom stereocenters. The Balaban J connectivity index is 3.38. The van der Waals surface area contributed by atoms with Gasteiger partial charge in [0, 0.05) is 11.4 Å². The van der Waals surface area contributed by atoms with E-state index in [1.165, 1.54) is 16.8 Å². The summed E-state index contributed by atoms with van der Waals surface area (Å²) in [6.45, 7) is 13.0. The van der Waals surface area contributed by atoms with Gasteiger partial charge >= 0.3 is 0 Å². The Labute approximate surface area is 81.2 Å². The Kier molecular flexibility index (Phi) is 2.47. The first-order chi connectivity index (χ1) is 5.82. The van der Waals surface area contributed by atoms with Crippen molar-refractivity contribution in [1.29, 1.82) is 0 Å². The molecule has 0 aliphatic carbocycles. The van der Waals surface area contributed by atoms with E-state index in [0.717, 1.165) is 5.69 Å². The highest BCUT2D eigenvalue weighted by atomic mass is 14.7. The van der Waals surface area contributed by atoms with Gasteiger partial charge in [0.05, 0.1) is 0 Å². The molecule has 1 nitrogen and oxygen atoms in total. The lowest BCUT2D eigenvalue weighted by molar-refractivity contribution is 0.577. The van der Waals surface area contributed by atoms with E-state index in [2.05, 4.69) is 45.7 Å². The fourth-order valence-corrected chi connectivity index (χ4v) is 2.16. The summed E-state index contributed by atoms with van der Waals surface area (Å²) < 4.78 is 0. The topological polar surface area (TPSA) is 12.9 Å². The SMILES string of the molecule is Cc1cc(C)c(C(C)(C)C)c(C)n1. The molecule has 0 bridgehead atoms. The van der Waals surface area contributed by atoms with Gasteiger partial charge in [-0.05, 0) is 43.4 Å². The van der Waals surface area contributed by atoms with Crippen molar-refractivity contribution < 1.29 is 0 Å². The van der Waals surface area contributed by atoms with Gasteiger partial charge in [-0.1, -0.05) is 20.8 Å². The quantitative estimate of drug-likeness (QED) is 0.592. The zero-order chi connectivity index (χ0) is 10.2. The van der Waals surface area contributed by atoms with E-state index in [1.54, 1.807) is 0 Å². The molecule has 0 N–H and O–H groups in total. The van der Waals surface area contributed by atoms with Crippen molar-refractivity contribution in [3.63, 3.8) is 0 Å². The Morgan fingerprint density at radius 1 is 1.08 bits per heavy atom. The van der Waals surface area contributed by atoms with Gasteiger partial charge in [-0.25, -0.2) is 0 Å². The number of aromatic nitrogens is 1. The monoisotopic (exact) mass is 177 g/mol. The first-order valence-corrected chi connectivity index (χ1v) is 4.77. The van der Waals surface area contributed by atoms with Gasteiger partial charge < -0.3 is 0 Å². The molecule has 1 rings (SSSR count). The van der Waals surface area contributed by atoms with E-state index < -0.39 is 0 Å². The molecule has 1 aromatic heterocycles. The van der Waals surface area contributed by atoms with Gasteiger partial charge in [-0.3, -0.25) is 4.98 Å². The minimum atomic E-state index is 0.203. The normalized spacial score (nSPS) is 11.8. The van der Waals surface area contributed by atoms with E-state index in [4.69, 9.17) is 0 Å². The maximum absolute atomic E-state index is 4.50. The summed E-state index contributed by atoms with van der Waals surface area (Å²) in [5, 5.41) is 0. The summed E-state index contributed by atoms with van der Waals surface area (Å²) in [5.41, 5.74) is 5.23. The van der Waals surface area contributed by atoms with Crippen molar-refractivity contribution in [3.8, 4) is 0 Å². The van der Waals surface area contributed by atoms with Crippen LogP contribution >= 0.6 is 0 Å². The molecule has 0 amide bonds. The Morgan fingerprint density at radius 2 is 1.62 bits per heavy atom. The molecule has 0 aliphatic rings. The lowest BCUT2D eigenvalue weighted by atomic mass is 9.83. The van der Waals surface area contributed by atoms with Crippen LogP contribution in [0, 0.1) is 20.8 Å². The van der Waals surface area contributed by atoms with Crippen LogP contribution in [0.15, 0.2) is 6.07 Å². The third kappa shape index (κ3) is 2.09. The van der Waals surface area contributed by atoms with E-state index >= 15 is 0 Å². The van der Waals surface area contributed by atoms with Crippen LogP contribution in [0.25, 0.3) is 0 Å². The Morgan fingerprint density at radius 3 is 2.00 bits per heavy atom. The molecule has 0 saturated carbocycles. The largest absolute Gasteiger partial charge is 0.258 e. The number of hydrogen-bond acceptors (Lipinski definition) is 1. The molecule has 1 heteroatoms. The highest BCUT2D eigenvalue weighted by molar-refractivity contribution is 5.36. The molecule has 0 spiro atoms. The zero-order valence-corrected chi connectivity index (χ0v) is 9.52. The summed E-state index contributed by atoms with van der Waals surface area (Å²) in [6, 6.07) is 2.16. The second-order valence-electron chi connectivity index (χ2n) is 4.79. The van der Waals surface area contributed by atoms with Gasteiger partial charge in [0.2, 0.25) is 0 Å². The van der Waals surface area contributed by atoms with Gasteiger partial charge in [-0.2, -0.15) is 0 Å². The number of aryl methyl sites for hydroxylation is 3. The summed E-state index contributed by atoms with van der Waals surface area (Å²) >= 11 is 0. The molecule has 13 heavy (non-hydrogen) atoms. The van der Waals surface area contributed by atoms with Crippen LogP contribution in [0.4, 0.5) is 0 Å². The predicted octanol–water partition coefficient (Wildman–Crippen LogP) is 3.30. The molecule has 0 saturated heterocycles. The Hall–Kier alpha value is -0.850. The maximum atomic E-state index is 4.50. The van der Waals surface area contributed by atoms with Gasteiger partial charge in [0.25, 0.3) is 0 Å². The van der Waals surface area contributed by atoms with Crippen molar-refractivity contribution in [2.75, 3.05) is 0 Å². The number of hydrogen-bond donors (Lipinski definition) is 0. The van der Waals surface area contributed by atoms with E-state index in [0.29, 0.717) is 0 Å². The van der Waals surface area contributed by atoms with Crippen LogP contribution in [0.3, 0.4) is 0 Å². The predicted molar refractivity (Wildman–Crippen MR) is 57.1 cm³/mol. The molecule has 0 aromatic carbocycles. The van der Waals surface area contributed by atoms with Crippen LogP contribution in [0.1, 0.15) is 43.3 Å². The fourth-order valence-electron chi connectivity index (χ4n) is 2.16. The zero-order valence-electron chi connectivity index (χ0n) is 9.52. The van der Waals surface area contributed by atoms with E-state index in [1.807, 2.05) is 6.92 Å². The van der Waals surface area contributed by atoms with Crippen LogP contribution in [0.5, 0.6) is 0 Å². The molecule has 0 unspecified atom stereocenters. The van der Waals surface area contributed by atoms with Crippen LogP contribution in [-0.4, -0.2) is 4.98 Å². The molecule has 0 fully saturated rings. The lowest BCUT2D eigenvalue weighted by Gasteiger charge is -2.23. The number of pyridine rings is 1. The number of rotatable bonds is 0. The molecule has 1 aromatic rings. The second-order valence-corrected chi connectivity index (χ2v) is 4.79. The summed E-state index contributed by atoms with van der Waals surface area (Å²) in [4.78, 5) is 4.50. The molecular formula is C12H19N. The van der Waals surface area contributed by atoms with Crippen LogP contribution in [-0.2, 0) is 5.41 Å². The van der Waals surface area contributed by atoms with E-state index in [-0.39, 0.29) is 5.41 Å². The van der Waals surface area contributed by atoms with Crippen molar-refractivity contribution >= 4 is 0 Å². The standard InChI is InChI=1S/C12H19N/c1-8-7-9(2)13-10(3)11(8)12(4,5)6/h7H,1-6H3. The summed E-state index contributed by atoms with van der Waals surface area (Å²) in [7, 11) is 0. The highest BCUT2D eigenvalue weighted by Gasteiger charge is 2.19. The van der Waals surface area contributed by atoms with Crippen molar-refractivity contribution in [3.05, 3.63) is 28.6 Å². The minimum absolute atomic E-state index is 0.203. The van der Waals surface area contributed by atoms with Gasteiger partial charge in [0.15, 0.2) is 0 Å². The van der Waals surface area contributed by atoms with Crippen molar-refractivity contribution in [1.82, 2.24) is 4.98 Å². The number of nitrogens with zero attached hydrogens (tertiary/aromatic N) is 1. The Bertz CT molecular complexity index is 295. The molecular weight excluding hydrogens is 158 g/mol.